The maximum absolute atomic E-state index is 14.5. The standard InChI is InChI=1S/C53H56N8O8/c1-28(2)44(58-52(64)68-7)50(62)60-26-36(29(3)66-5)24-42(60)48-54-40-20-16-34-22-32(14-18-38(34)46(40)56-48)33-15-19-39-35(23-33)17-21-41-47(39)57-49(55-41)43-25-37(30(4)67-6)27-61(43)51(63)45(59-53(65)69-8)31-12-10-9-11-13-31/h9-23,28,36-37,42-45H,3-4,24-27H2,1-2,5-8H3,(H,54,56)(H,55,57)(H,58,64)(H,59,65)/t36-,37-,42-,43-,44-,45+/m0/s1. The van der Waals surface area contributed by atoms with Gasteiger partial charge in [0, 0.05) is 35.7 Å². The SMILES string of the molecule is C=C(OC)[C@H]1C[C@@H](c2nc3c(ccc4cc(-c5ccc6c(ccc7[nH]c([C@@H]8C[C@H](C(=C)OC)CN8C(=O)[C@H](NC(=O)OC)c8ccccc8)nc76)c5)ccc43)[nH]2)N(C(=O)[C@@H](NC(=O)OC)C(C)C)C1. The number of aromatic nitrogens is 4. The molecule has 2 saturated heterocycles. The molecule has 6 atom stereocenters. The molecule has 4 heterocycles. The lowest BCUT2D eigenvalue weighted by molar-refractivity contribution is -0.136. The summed E-state index contributed by atoms with van der Waals surface area (Å²) >= 11 is 0. The van der Waals surface area contributed by atoms with Crippen LogP contribution < -0.4 is 10.6 Å². The number of H-pyrrole nitrogens is 2. The maximum Gasteiger partial charge on any atom is 0.407 e. The molecule has 0 aliphatic carbocycles. The molecule has 9 rings (SSSR count). The topological polar surface area (TPSA) is 193 Å². The number of aromatic amines is 2. The number of hydrogen-bond acceptors (Lipinski definition) is 10. The van der Waals surface area contributed by atoms with Crippen molar-refractivity contribution in [2.24, 2.45) is 17.8 Å². The minimum Gasteiger partial charge on any atom is -0.501 e. The van der Waals surface area contributed by atoms with Gasteiger partial charge in [-0.05, 0) is 70.5 Å². The monoisotopic (exact) mass is 932 g/mol. The van der Waals surface area contributed by atoms with Gasteiger partial charge in [0.2, 0.25) is 5.91 Å². The second kappa shape index (κ2) is 19.0. The number of alkyl carbamates (subject to hydrolysis) is 2. The summed E-state index contributed by atoms with van der Waals surface area (Å²) in [6.07, 6.45) is -0.317. The van der Waals surface area contributed by atoms with Gasteiger partial charge in [-0.2, -0.15) is 0 Å². The number of imidazole rings is 2. The molecule has 2 fully saturated rings. The molecule has 0 bridgehead atoms. The predicted octanol–water partition coefficient (Wildman–Crippen LogP) is 8.99. The van der Waals surface area contributed by atoms with Gasteiger partial charge in [-0.25, -0.2) is 19.6 Å². The molecule has 7 aromatic rings. The van der Waals surface area contributed by atoms with E-state index in [1.165, 1.54) is 14.2 Å². The summed E-state index contributed by atoms with van der Waals surface area (Å²) in [6.45, 7) is 12.7. The van der Waals surface area contributed by atoms with Crippen LogP contribution >= 0.6 is 0 Å². The third-order valence-corrected chi connectivity index (χ3v) is 13.8. The summed E-state index contributed by atoms with van der Waals surface area (Å²) in [7, 11) is 5.70. The number of nitrogens with zero attached hydrogens (tertiary/aromatic N) is 4. The van der Waals surface area contributed by atoms with Gasteiger partial charge in [0.25, 0.3) is 5.91 Å². The van der Waals surface area contributed by atoms with Crippen LogP contribution in [0.4, 0.5) is 9.59 Å². The third kappa shape index (κ3) is 8.78. The molecule has 0 saturated carbocycles. The van der Waals surface area contributed by atoms with Crippen LogP contribution in [0.5, 0.6) is 0 Å². The predicted molar refractivity (Wildman–Crippen MR) is 263 cm³/mol. The van der Waals surface area contributed by atoms with Crippen LogP contribution in [0.15, 0.2) is 116 Å². The number of hydrogen-bond donors (Lipinski definition) is 4. The fourth-order valence-corrected chi connectivity index (χ4v) is 9.95. The van der Waals surface area contributed by atoms with Crippen molar-refractivity contribution in [3.8, 4) is 11.1 Å². The van der Waals surface area contributed by atoms with Gasteiger partial charge in [0.15, 0.2) is 0 Å². The first-order valence-electron chi connectivity index (χ1n) is 23.0. The number of benzene rings is 5. The van der Waals surface area contributed by atoms with E-state index in [1.807, 2.05) is 44.2 Å². The molecule has 5 aromatic carbocycles. The van der Waals surface area contributed by atoms with Crippen molar-refractivity contribution in [1.29, 1.82) is 0 Å². The van der Waals surface area contributed by atoms with E-state index >= 15 is 0 Å². The highest BCUT2D eigenvalue weighted by Gasteiger charge is 2.44. The van der Waals surface area contributed by atoms with Crippen LogP contribution in [0.25, 0.3) is 54.7 Å². The molecule has 0 unspecified atom stereocenters. The molecule has 2 aromatic heterocycles. The lowest BCUT2D eigenvalue weighted by Crippen LogP contribution is -2.51. The largest absolute Gasteiger partial charge is 0.501 e. The molecule has 4 amide bonds. The van der Waals surface area contributed by atoms with Crippen LogP contribution in [0, 0.1) is 17.8 Å². The van der Waals surface area contributed by atoms with Crippen LogP contribution in [-0.4, -0.2) is 101 Å². The number of ether oxygens (including phenoxy) is 4. The second-order valence-electron chi connectivity index (χ2n) is 18.1. The smallest absolute Gasteiger partial charge is 0.407 e. The highest BCUT2D eigenvalue weighted by molar-refractivity contribution is 6.07. The summed E-state index contributed by atoms with van der Waals surface area (Å²) in [4.78, 5) is 74.2. The average molecular weight is 933 g/mol. The minimum atomic E-state index is -0.991. The van der Waals surface area contributed by atoms with Gasteiger partial charge in [0.1, 0.15) is 23.7 Å². The zero-order valence-electron chi connectivity index (χ0n) is 39.5. The Kier molecular flexibility index (Phi) is 12.7. The van der Waals surface area contributed by atoms with E-state index in [0.717, 1.165) is 54.7 Å². The van der Waals surface area contributed by atoms with Gasteiger partial charge in [-0.15, -0.1) is 0 Å². The van der Waals surface area contributed by atoms with Gasteiger partial charge in [0.05, 0.1) is 74.1 Å². The van der Waals surface area contributed by atoms with Gasteiger partial charge in [-0.1, -0.05) is 93.7 Å². The van der Waals surface area contributed by atoms with Crippen molar-refractivity contribution in [3.05, 3.63) is 133 Å². The Labute approximate surface area is 399 Å². The molecule has 4 N–H and O–H groups in total. The molecule has 356 valence electrons. The van der Waals surface area contributed by atoms with Gasteiger partial charge < -0.3 is 49.3 Å². The summed E-state index contributed by atoms with van der Waals surface area (Å²) in [5, 5.41) is 9.36. The lowest BCUT2D eigenvalue weighted by atomic mass is 9.98. The Bertz CT molecular complexity index is 3140. The normalized spacial score (nSPS) is 18.9. The van der Waals surface area contributed by atoms with E-state index in [1.54, 1.807) is 36.2 Å². The summed E-state index contributed by atoms with van der Waals surface area (Å²) in [5.74, 6) is 1.38. The second-order valence-corrected chi connectivity index (χ2v) is 18.1. The molecule has 2 aliphatic heterocycles. The first-order chi connectivity index (χ1) is 33.3. The summed E-state index contributed by atoms with van der Waals surface area (Å²) in [5.41, 5.74) is 5.89. The molecule has 0 spiro atoms. The third-order valence-electron chi connectivity index (χ3n) is 13.8. The fourth-order valence-electron chi connectivity index (χ4n) is 9.95. The van der Waals surface area contributed by atoms with E-state index in [4.69, 9.17) is 28.9 Å². The Morgan fingerprint density at radius 2 is 1.10 bits per heavy atom. The molecule has 69 heavy (non-hydrogen) atoms. The summed E-state index contributed by atoms with van der Waals surface area (Å²) in [6, 6.07) is 27.2. The van der Waals surface area contributed by atoms with E-state index < -0.39 is 36.4 Å². The van der Waals surface area contributed by atoms with E-state index in [9.17, 15) is 19.2 Å². The average Bonchev–Trinajstić information content (AvgIpc) is 4.21. The number of methoxy groups -OCH3 is 4. The van der Waals surface area contributed by atoms with Crippen molar-refractivity contribution in [2.45, 2.75) is 50.9 Å². The van der Waals surface area contributed by atoms with Crippen LogP contribution in [-0.2, 0) is 28.5 Å². The Hall–Kier alpha value is -7.88. The van der Waals surface area contributed by atoms with Gasteiger partial charge >= 0.3 is 12.2 Å². The molecule has 2 aliphatic rings. The number of carbonyl (C=O) groups is 4. The first-order valence-corrected chi connectivity index (χ1v) is 23.0. The molecular weight excluding hydrogens is 877 g/mol. The zero-order chi connectivity index (χ0) is 48.7. The Morgan fingerprint density at radius 1 is 0.623 bits per heavy atom. The zero-order valence-corrected chi connectivity index (χ0v) is 39.5. The van der Waals surface area contributed by atoms with E-state index in [0.29, 0.717) is 54.7 Å². The number of amides is 4. The lowest BCUT2D eigenvalue weighted by Gasteiger charge is -2.30. The molecule has 0 radical (unpaired) electrons. The highest BCUT2D eigenvalue weighted by Crippen LogP contribution is 2.42. The Balaban J connectivity index is 1.01. The van der Waals surface area contributed by atoms with Crippen molar-refractivity contribution >= 4 is 67.6 Å². The van der Waals surface area contributed by atoms with Crippen LogP contribution in [0.2, 0.25) is 0 Å². The molecule has 16 nitrogen and oxygen atoms in total. The minimum absolute atomic E-state index is 0.130. The highest BCUT2D eigenvalue weighted by atomic mass is 16.5. The molecular formula is C53H56N8O8. The maximum atomic E-state index is 14.5. The van der Waals surface area contributed by atoms with Crippen LogP contribution in [0.1, 0.15) is 62.0 Å². The van der Waals surface area contributed by atoms with Crippen LogP contribution in [0.3, 0.4) is 0 Å². The van der Waals surface area contributed by atoms with Crippen molar-refractivity contribution in [1.82, 2.24) is 40.4 Å². The quantitative estimate of drug-likeness (QED) is 0.0812. The summed E-state index contributed by atoms with van der Waals surface area (Å²) < 4.78 is 20.8. The van der Waals surface area contributed by atoms with Gasteiger partial charge in [-0.3, -0.25) is 9.59 Å². The van der Waals surface area contributed by atoms with Crippen molar-refractivity contribution in [3.63, 3.8) is 0 Å². The van der Waals surface area contributed by atoms with E-state index in [-0.39, 0.29) is 29.6 Å². The first kappa shape index (κ1) is 46.2. The molecule has 16 heteroatoms. The number of fused-ring (bicyclic) bond motifs is 6. The number of likely N-dealkylation sites (tertiary alicyclic amines) is 2. The number of nitrogens with one attached hydrogen (secondary N) is 4. The number of rotatable bonds is 13. The van der Waals surface area contributed by atoms with Crippen molar-refractivity contribution < 1.29 is 38.1 Å². The Morgan fingerprint density at radius 3 is 1.57 bits per heavy atom. The fraction of sp³-hybridized carbons (Fsp3) is 0.321. The number of carbonyl (C=O) groups excluding carboxylic acids is 4. The van der Waals surface area contributed by atoms with E-state index in [2.05, 4.69) is 82.3 Å². The van der Waals surface area contributed by atoms with Crippen molar-refractivity contribution in [2.75, 3.05) is 41.5 Å².